The van der Waals surface area contributed by atoms with Crippen molar-refractivity contribution >= 4 is 10.9 Å². The summed E-state index contributed by atoms with van der Waals surface area (Å²) in [4.78, 5) is 0. The van der Waals surface area contributed by atoms with Gasteiger partial charge in [-0.2, -0.15) is 5.10 Å². The van der Waals surface area contributed by atoms with Gasteiger partial charge in [-0.15, -0.1) is 0 Å². The SMILES string of the molecule is CCCc1nn(Cc2ccccc2)c2cc(OCCNCc3ccccc3)ccc12. The third-order valence-corrected chi connectivity index (χ3v) is 5.18. The first-order chi connectivity index (χ1) is 14.8. The number of nitrogens with zero attached hydrogens (tertiary/aromatic N) is 2. The van der Waals surface area contributed by atoms with Gasteiger partial charge in [0, 0.05) is 24.5 Å². The second kappa shape index (κ2) is 10.1. The molecule has 4 nitrogen and oxygen atoms in total. The number of hydrogen-bond donors (Lipinski definition) is 1. The van der Waals surface area contributed by atoms with E-state index in [0.717, 1.165) is 43.7 Å². The average Bonchev–Trinajstić information content (AvgIpc) is 3.12. The highest BCUT2D eigenvalue weighted by atomic mass is 16.5. The maximum atomic E-state index is 6.02. The summed E-state index contributed by atoms with van der Waals surface area (Å²) in [5.41, 5.74) is 4.84. The van der Waals surface area contributed by atoms with Gasteiger partial charge in [-0.05, 0) is 29.7 Å². The molecule has 1 N–H and O–H groups in total. The Morgan fingerprint density at radius 3 is 2.37 bits per heavy atom. The molecule has 154 valence electrons. The molecule has 0 amide bonds. The standard InChI is InChI=1S/C26H29N3O/c1-2-9-25-24-15-14-23(30-17-16-27-19-21-10-5-3-6-11-21)18-26(24)29(28-25)20-22-12-7-4-8-13-22/h3-8,10-15,18,27H,2,9,16-17,19-20H2,1H3. The number of benzene rings is 3. The lowest BCUT2D eigenvalue weighted by Gasteiger charge is -2.09. The number of aryl methyl sites for hydroxylation is 1. The van der Waals surface area contributed by atoms with Crippen molar-refractivity contribution in [2.75, 3.05) is 13.2 Å². The molecule has 4 heteroatoms. The minimum Gasteiger partial charge on any atom is -0.492 e. The fourth-order valence-corrected chi connectivity index (χ4v) is 3.68. The van der Waals surface area contributed by atoms with Crippen LogP contribution >= 0.6 is 0 Å². The monoisotopic (exact) mass is 399 g/mol. The molecule has 1 heterocycles. The lowest BCUT2D eigenvalue weighted by atomic mass is 10.1. The molecule has 0 saturated carbocycles. The Kier molecular flexibility index (Phi) is 6.78. The summed E-state index contributed by atoms with van der Waals surface area (Å²) >= 11 is 0. The van der Waals surface area contributed by atoms with Crippen LogP contribution in [0.25, 0.3) is 10.9 Å². The molecule has 0 aliphatic heterocycles. The number of rotatable bonds is 10. The van der Waals surface area contributed by atoms with E-state index in [1.54, 1.807) is 0 Å². The molecular weight excluding hydrogens is 370 g/mol. The summed E-state index contributed by atoms with van der Waals surface area (Å²) < 4.78 is 8.13. The van der Waals surface area contributed by atoms with Gasteiger partial charge in [0.15, 0.2) is 0 Å². The summed E-state index contributed by atoms with van der Waals surface area (Å²) in [5, 5.41) is 9.56. The number of ether oxygens (including phenoxy) is 1. The van der Waals surface area contributed by atoms with Crippen molar-refractivity contribution in [1.82, 2.24) is 15.1 Å². The van der Waals surface area contributed by atoms with E-state index >= 15 is 0 Å². The second-order valence-corrected chi connectivity index (χ2v) is 7.53. The molecular formula is C26H29N3O. The number of aromatic nitrogens is 2. The van der Waals surface area contributed by atoms with Gasteiger partial charge in [0.2, 0.25) is 0 Å². The van der Waals surface area contributed by atoms with Crippen molar-refractivity contribution in [2.45, 2.75) is 32.9 Å². The van der Waals surface area contributed by atoms with Gasteiger partial charge in [-0.25, -0.2) is 0 Å². The molecule has 0 unspecified atom stereocenters. The van der Waals surface area contributed by atoms with Crippen molar-refractivity contribution in [1.29, 1.82) is 0 Å². The van der Waals surface area contributed by atoms with Crippen LogP contribution < -0.4 is 10.1 Å². The predicted molar refractivity (Wildman–Crippen MR) is 123 cm³/mol. The Morgan fingerprint density at radius 2 is 1.63 bits per heavy atom. The highest BCUT2D eigenvalue weighted by molar-refractivity contribution is 5.83. The molecule has 0 atom stereocenters. The minimum absolute atomic E-state index is 0.632. The first kappa shape index (κ1) is 20.2. The van der Waals surface area contributed by atoms with Gasteiger partial charge in [0.1, 0.15) is 12.4 Å². The Balaban J connectivity index is 1.43. The van der Waals surface area contributed by atoms with E-state index < -0.39 is 0 Å². The van der Waals surface area contributed by atoms with Crippen LogP contribution in [0.4, 0.5) is 0 Å². The minimum atomic E-state index is 0.632. The number of fused-ring (bicyclic) bond motifs is 1. The van der Waals surface area contributed by atoms with Gasteiger partial charge in [-0.1, -0.05) is 74.0 Å². The zero-order chi connectivity index (χ0) is 20.6. The lowest BCUT2D eigenvalue weighted by molar-refractivity contribution is 0.314. The summed E-state index contributed by atoms with van der Waals surface area (Å²) in [6, 6.07) is 27.3. The maximum Gasteiger partial charge on any atom is 0.121 e. The molecule has 0 saturated heterocycles. The van der Waals surface area contributed by atoms with E-state index in [1.165, 1.54) is 22.2 Å². The van der Waals surface area contributed by atoms with Gasteiger partial charge < -0.3 is 10.1 Å². The maximum absolute atomic E-state index is 6.02. The van der Waals surface area contributed by atoms with Crippen molar-refractivity contribution in [2.24, 2.45) is 0 Å². The summed E-state index contributed by atoms with van der Waals surface area (Å²) in [6.07, 6.45) is 2.07. The smallest absolute Gasteiger partial charge is 0.121 e. The van der Waals surface area contributed by atoms with Crippen molar-refractivity contribution in [3.8, 4) is 5.75 Å². The quantitative estimate of drug-likeness (QED) is 0.372. The third kappa shape index (κ3) is 5.08. The predicted octanol–water partition coefficient (Wildman–Crippen LogP) is 5.21. The topological polar surface area (TPSA) is 39.1 Å². The van der Waals surface area contributed by atoms with E-state index in [1.807, 2.05) is 12.1 Å². The molecule has 1 aromatic heterocycles. The number of hydrogen-bond acceptors (Lipinski definition) is 3. The molecule has 30 heavy (non-hydrogen) atoms. The van der Waals surface area contributed by atoms with E-state index in [-0.39, 0.29) is 0 Å². The fraction of sp³-hybridized carbons (Fsp3) is 0.269. The molecule has 4 rings (SSSR count). The van der Waals surface area contributed by atoms with Gasteiger partial charge in [0.05, 0.1) is 17.8 Å². The molecule has 0 spiro atoms. The van der Waals surface area contributed by atoms with E-state index in [9.17, 15) is 0 Å². The van der Waals surface area contributed by atoms with Crippen LogP contribution in [-0.2, 0) is 19.5 Å². The average molecular weight is 400 g/mol. The second-order valence-electron chi connectivity index (χ2n) is 7.53. The highest BCUT2D eigenvalue weighted by Crippen LogP contribution is 2.25. The van der Waals surface area contributed by atoms with Crippen molar-refractivity contribution in [3.05, 3.63) is 95.7 Å². The Hall–Kier alpha value is -3.11. The van der Waals surface area contributed by atoms with E-state index in [2.05, 4.69) is 83.7 Å². The van der Waals surface area contributed by atoms with Crippen LogP contribution in [0.2, 0.25) is 0 Å². The van der Waals surface area contributed by atoms with Crippen LogP contribution in [0.5, 0.6) is 5.75 Å². The first-order valence-electron chi connectivity index (χ1n) is 10.7. The van der Waals surface area contributed by atoms with Gasteiger partial charge in [0.25, 0.3) is 0 Å². The molecule has 0 radical (unpaired) electrons. The molecule has 0 bridgehead atoms. The van der Waals surface area contributed by atoms with Gasteiger partial charge in [-0.3, -0.25) is 4.68 Å². The van der Waals surface area contributed by atoms with Crippen molar-refractivity contribution < 1.29 is 4.74 Å². The zero-order valence-corrected chi connectivity index (χ0v) is 17.6. The van der Waals surface area contributed by atoms with Crippen LogP contribution in [0.15, 0.2) is 78.9 Å². The fourth-order valence-electron chi connectivity index (χ4n) is 3.68. The van der Waals surface area contributed by atoms with Crippen LogP contribution in [0, 0.1) is 0 Å². The molecule has 0 aliphatic rings. The van der Waals surface area contributed by atoms with Crippen LogP contribution in [-0.4, -0.2) is 22.9 Å². The summed E-state index contributed by atoms with van der Waals surface area (Å²) in [7, 11) is 0. The Labute approximate surface area is 178 Å². The molecule has 0 fully saturated rings. The van der Waals surface area contributed by atoms with Crippen LogP contribution in [0.1, 0.15) is 30.2 Å². The summed E-state index contributed by atoms with van der Waals surface area (Å²) in [5.74, 6) is 0.890. The van der Waals surface area contributed by atoms with Gasteiger partial charge >= 0.3 is 0 Å². The molecule has 4 aromatic rings. The van der Waals surface area contributed by atoms with E-state index in [0.29, 0.717) is 6.61 Å². The normalized spacial score (nSPS) is 11.1. The molecule has 3 aromatic carbocycles. The van der Waals surface area contributed by atoms with E-state index in [4.69, 9.17) is 9.84 Å². The highest BCUT2D eigenvalue weighted by Gasteiger charge is 2.11. The van der Waals surface area contributed by atoms with Crippen LogP contribution in [0.3, 0.4) is 0 Å². The first-order valence-corrected chi connectivity index (χ1v) is 10.7. The molecule has 0 aliphatic carbocycles. The lowest BCUT2D eigenvalue weighted by Crippen LogP contribution is -2.20. The largest absolute Gasteiger partial charge is 0.492 e. The Morgan fingerprint density at radius 1 is 0.900 bits per heavy atom. The number of nitrogens with one attached hydrogen (secondary N) is 1. The summed E-state index contributed by atoms with van der Waals surface area (Å²) in [6.45, 7) is 5.25. The van der Waals surface area contributed by atoms with Crippen molar-refractivity contribution in [3.63, 3.8) is 0 Å². The zero-order valence-electron chi connectivity index (χ0n) is 17.6. The Bertz CT molecular complexity index is 1060. The third-order valence-electron chi connectivity index (χ3n) is 5.18.